The summed E-state index contributed by atoms with van der Waals surface area (Å²) >= 11 is 0. The molecule has 7 nitrogen and oxygen atoms in total. The number of sulfone groups is 1. The highest BCUT2D eigenvalue weighted by Gasteiger charge is 2.18. The van der Waals surface area contributed by atoms with Crippen molar-refractivity contribution in [2.24, 2.45) is 0 Å². The van der Waals surface area contributed by atoms with Gasteiger partial charge in [0.05, 0.1) is 17.1 Å². The van der Waals surface area contributed by atoms with Gasteiger partial charge < -0.3 is 4.74 Å². The minimum atomic E-state index is -3.24. The Kier molecular flexibility index (Phi) is 5.84. The second-order valence-electron chi connectivity index (χ2n) is 7.10. The van der Waals surface area contributed by atoms with Crippen LogP contribution in [0.15, 0.2) is 35.4 Å². The summed E-state index contributed by atoms with van der Waals surface area (Å²) in [6, 6.07) is 6.49. The highest BCUT2D eigenvalue weighted by Crippen LogP contribution is 2.17. The Morgan fingerprint density at radius 3 is 2.64 bits per heavy atom. The van der Waals surface area contributed by atoms with Crippen LogP contribution >= 0.6 is 0 Å². The van der Waals surface area contributed by atoms with Crippen LogP contribution < -0.4 is 4.74 Å². The summed E-state index contributed by atoms with van der Waals surface area (Å²) in [5.74, 6) is 0.524. The van der Waals surface area contributed by atoms with Crippen LogP contribution in [0.2, 0.25) is 0 Å². The van der Waals surface area contributed by atoms with E-state index >= 15 is 0 Å². The summed E-state index contributed by atoms with van der Waals surface area (Å²) in [6.45, 7) is 8.09. The van der Waals surface area contributed by atoms with Crippen LogP contribution in [0.5, 0.6) is 5.75 Å². The lowest BCUT2D eigenvalue weighted by Crippen LogP contribution is -2.37. The van der Waals surface area contributed by atoms with Crippen molar-refractivity contribution in [3.8, 4) is 5.75 Å². The van der Waals surface area contributed by atoms with Gasteiger partial charge in [-0.1, -0.05) is 11.3 Å². The molecule has 0 fully saturated rings. The molecule has 25 heavy (non-hydrogen) atoms. The van der Waals surface area contributed by atoms with Gasteiger partial charge in [-0.05, 0) is 46.0 Å². The van der Waals surface area contributed by atoms with Gasteiger partial charge >= 0.3 is 0 Å². The average molecular weight is 366 g/mol. The van der Waals surface area contributed by atoms with Crippen molar-refractivity contribution in [2.75, 3.05) is 19.9 Å². The Labute approximate surface area is 149 Å². The summed E-state index contributed by atoms with van der Waals surface area (Å²) < 4.78 is 30.5. The van der Waals surface area contributed by atoms with Crippen molar-refractivity contribution in [1.29, 1.82) is 0 Å². The molecule has 1 aromatic heterocycles. The van der Waals surface area contributed by atoms with Crippen molar-refractivity contribution in [2.45, 2.75) is 44.3 Å². The molecular formula is C17H26N4O3S. The molecule has 0 unspecified atom stereocenters. The fourth-order valence-electron chi connectivity index (χ4n) is 2.05. The summed E-state index contributed by atoms with van der Waals surface area (Å²) in [6.07, 6.45) is 3.08. The summed E-state index contributed by atoms with van der Waals surface area (Å²) in [5.41, 5.74) is 0.967. The minimum absolute atomic E-state index is 0.0670. The molecule has 0 N–H and O–H groups in total. The molecule has 138 valence electrons. The molecule has 0 saturated heterocycles. The number of ether oxygens (including phenoxy) is 1. The molecule has 0 aliphatic heterocycles. The van der Waals surface area contributed by atoms with Gasteiger partial charge in [0.15, 0.2) is 9.84 Å². The Balaban J connectivity index is 1.89. The van der Waals surface area contributed by atoms with E-state index in [9.17, 15) is 8.42 Å². The third-order valence-corrected chi connectivity index (χ3v) is 5.06. The van der Waals surface area contributed by atoms with Gasteiger partial charge in [0.1, 0.15) is 12.4 Å². The first-order valence-corrected chi connectivity index (χ1v) is 9.98. The van der Waals surface area contributed by atoms with E-state index in [1.165, 1.54) is 12.3 Å². The first-order chi connectivity index (χ1) is 11.6. The smallest absolute Gasteiger partial charge is 0.175 e. The lowest BCUT2D eigenvalue weighted by Gasteiger charge is -2.30. The zero-order valence-corrected chi connectivity index (χ0v) is 16.2. The highest BCUT2D eigenvalue weighted by molar-refractivity contribution is 7.90. The molecule has 8 heteroatoms. The molecule has 0 amide bonds. The molecule has 0 bridgehead atoms. The topological polar surface area (TPSA) is 77.3 Å². The van der Waals surface area contributed by atoms with Crippen molar-refractivity contribution in [3.63, 3.8) is 0 Å². The van der Waals surface area contributed by atoms with Gasteiger partial charge in [-0.2, -0.15) is 0 Å². The van der Waals surface area contributed by atoms with E-state index in [2.05, 4.69) is 43.0 Å². The second kappa shape index (κ2) is 7.53. The molecule has 0 aliphatic carbocycles. The fraction of sp³-hybridized carbons (Fsp3) is 0.529. The average Bonchev–Trinajstić information content (AvgIpc) is 2.93. The van der Waals surface area contributed by atoms with Crippen molar-refractivity contribution in [3.05, 3.63) is 36.2 Å². The van der Waals surface area contributed by atoms with Gasteiger partial charge in [-0.3, -0.25) is 4.90 Å². The van der Waals surface area contributed by atoms with Gasteiger partial charge in [0.2, 0.25) is 0 Å². The minimum Gasteiger partial charge on any atom is -0.492 e. The fourth-order valence-corrected chi connectivity index (χ4v) is 2.71. The monoisotopic (exact) mass is 366 g/mol. The highest BCUT2D eigenvalue weighted by atomic mass is 32.2. The van der Waals surface area contributed by atoms with Crippen LogP contribution in [-0.4, -0.2) is 53.8 Å². The molecule has 2 aromatic rings. The molecule has 2 rings (SSSR count). The Bertz CT molecular complexity index is 809. The predicted molar refractivity (Wildman–Crippen MR) is 96.3 cm³/mol. The van der Waals surface area contributed by atoms with Crippen LogP contribution in [0.25, 0.3) is 0 Å². The Hall–Kier alpha value is -1.93. The molecule has 0 aliphatic rings. The van der Waals surface area contributed by atoms with Crippen LogP contribution in [-0.2, 0) is 22.9 Å². The van der Waals surface area contributed by atoms with Crippen molar-refractivity contribution >= 4 is 9.84 Å². The molecule has 0 saturated carbocycles. The lowest BCUT2D eigenvalue weighted by molar-refractivity contribution is 0.165. The first kappa shape index (κ1) is 19.4. The summed E-state index contributed by atoms with van der Waals surface area (Å²) in [5, 5.41) is 8.28. The van der Waals surface area contributed by atoms with Gasteiger partial charge in [0.25, 0.3) is 0 Å². The number of hydrogen-bond acceptors (Lipinski definition) is 6. The molecule has 0 atom stereocenters. The van der Waals surface area contributed by atoms with Gasteiger partial charge in [0, 0.05) is 24.5 Å². The van der Waals surface area contributed by atoms with Gasteiger partial charge in [-0.15, -0.1) is 5.10 Å². The molecule has 1 heterocycles. The van der Waals surface area contributed by atoms with E-state index in [0.29, 0.717) is 18.9 Å². The lowest BCUT2D eigenvalue weighted by atomic mass is 10.1. The molecule has 1 aromatic carbocycles. The standard InChI is InChI=1S/C17H26N4O3S/c1-17(2,3)20(4)12-14-13-21(19-18-14)9-10-24-15-7-6-8-16(11-15)25(5,22)23/h6-8,11,13H,9-10,12H2,1-5H3. The van der Waals surface area contributed by atoms with E-state index in [4.69, 9.17) is 4.74 Å². The van der Waals surface area contributed by atoms with Crippen LogP contribution in [0.1, 0.15) is 26.5 Å². The second-order valence-corrected chi connectivity index (χ2v) is 9.11. The molecule has 0 radical (unpaired) electrons. The Morgan fingerprint density at radius 2 is 2.00 bits per heavy atom. The number of aromatic nitrogens is 3. The Morgan fingerprint density at radius 1 is 1.28 bits per heavy atom. The van der Waals surface area contributed by atoms with Crippen LogP contribution in [0.4, 0.5) is 0 Å². The predicted octanol–water partition coefficient (Wildman–Crippen LogP) is 1.99. The van der Waals surface area contributed by atoms with Gasteiger partial charge in [-0.25, -0.2) is 13.1 Å². The zero-order chi connectivity index (χ0) is 18.7. The maximum atomic E-state index is 11.6. The van der Waals surface area contributed by atoms with Crippen molar-refractivity contribution in [1.82, 2.24) is 19.9 Å². The van der Waals surface area contributed by atoms with E-state index < -0.39 is 9.84 Å². The van der Waals surface area contributed by atoms with E-state index in [1.54, 1.807) is 22.9 Å². The quantitative estimate of drug-likeness (QED) is 0.746. The van der Waals surface area contributed by atoms with E-state index in [-0.39, 0.29) is 10.4 Å². The zero-order valence-electron chi connectivity index (χ0n) is 15.4. The summed E-state index contributed by atoms with van der Waals surface area (Å²) in [7, 11) is -1.18. The third kappa shape index (κ3) is 5.82. The number of rotatable bonds is 7. The summed E-state index contributed by atoms with van der Waals surface area (Å²) in [4.78, 5) is 2.45. The maximum Gasteiger partial charge on any atom is 0.175 e. The van der Waals surface area contributed by atoms with Crippen molar-refractivity contribution < 1.29 is 13.2 Å². The van der Waals surface area contributed by atoms with E-state index in [0.717, 1.165) is 12.2 Å². The largest absolute Gasteiger partial charge is 0.492 e. The van der Waals surface area contributed by atoms with E-state index in [1.807, 2.05) is 6.20 Å². The number of hydrogen-bond donors (Lipinski definition) is 0. The number of nitrogens with zero attached hydrogens (tertiary/aromatic N) is 4. The molecule has 0 spiro atoms. The first-order valence-electron chi connectivity index (χ1n) is 8.09. The maximum absolute atomic E-state index is 11.6. The number of benzene rings is 1. The molecular weight excluding hydrogens is 340 g/mol. The van der Waals surface area contributed by atoms with Crippen LogP contribution in [0.3, 0.4) is 0 Å². The van der Waals surface area contributed by atoms with Crippen LogP contribution in [0, 0.1) is 0 Å². The SMILES string of the molecule is CN(Cc1cn(CCOc2cccc(S(C)(=O)=O)c2)nn1)C(C)(C)C. The third-order valence-electron chi connectivity index (χ3n) is 3.95. The normalized spacial score (nSPS) is 12.6.